The van der Waals surface area contributed by atoms with Crippen LogP contribution in [0.5, 0.6) is 0 Å². The van der Waals surface area contributed by atoms with Crippen molar-refractivity contribution in [1.29, 1.82) is 5.41 Å². The molecule has 2 nitrogen and oxygen atoms in total. The molecule has 0 radical (unpaired) electrons. The zero-order valence-corrected chi connectivity index (χ0v) is 11.8. The average Bonchev–Trinajstić information content (AvgIpc) is 2.71. The highest BCUT2D eigenvalue weighted by molar-refractivity contribution is 9.10. The van der Waals surface area contributed by atoms with Crippen molar-refractivity contribution in [3.63, 3.8) is 0 Å². The van der Waals surface area contributed by atoms with Gasteiger partial charge in [-0.25, -0.2) is 0 Å². The number of amidine groups is 1. The Kier molecular flexibility index (Phi) is 2.88. The molecular weight excluding hydrogens is 312 g/mol. The summed E-state index contributed by atoms with van der Waals surface area (Å²) in [6, 6.07) is 13.7. The van der Waals surface area contributed by atoms with Crippen LogP contribution in [0.15, 0.2) is 46.9 Å². The average molecular weight is 322 g/mol. The maximum absolute atomic E-state index is 8.24. The van der Waals surface area contributed by atoms with Gasteiger partial charge in [-0.05, 0) is 23.8 Å². The fourth-order valence-corrected chi connectivity index (χ4v) is 2.75. The molecule has 18 heavy (non-hydrogen) atoms. The monoisotopic (exact) mass is 320 g/mol. The summed E-state index contributed by atoms with van der Waals surface area (Å²) in [5.41, 5.74) is 3.01. The van der Waals surface area contributed by atoms with E-state index in [4.69, 9.17) is 17.0 Å². The second kappa shape index (κ2) is 4.41. The third kappa shape index (κ3) is 1.84. The lowest BCUT2D eigenvalue weighted by Crippen LogP contribution is -2.23. The smallest absolute Gasteiger partial charge is 0.133 e. The molecule has 4 heteroatoms. The van der Waals surface area contributed by atoms with Crippen LogP contribution in [0.2, 0.25) is 5.02 Å². The van der Waals surface area contributed by atoms with E-state index in [1.54, 1.807) is 0 Å². The minimum Gasteiger partial charge on any atom is -0.320 e. The van der Waals surface area contributed by atoms with Crippen molar-refractivity contribution in [2.75, 3.05) is 4.90 Å². The first-order valence-corrected chi connectivity index (χ1v) is 6.73. The van der Waals surface area contributed by atoms with Crippen molar-refractivity contribution in [2.24, 2.45) is 0 Å². The van der Waals surface area contributed by atoms with Gasteiger partial charge in [0, 0.05) is 10.0 Å². The van der Waals surface area contributed by atoms with E-state index in [-0.39, 0.29) is 0 Å². The molecule has 1 heterocycles. The van der Waals surface area contributed by atoms with Crippen molar-refractivity contribution < 1.29 is 0 Å². The van der Waals surface area contributed by atoms with Gasteiger partial charge in [0.15, 0.2) is 0 Å². The third-order valence-corrected chi connectivity index (χ3v) is 3.88. The van der Waals surface area contributed by atoms with Gasteiger partial charge in [-0.1, -0.05) is 51.8 Å². The first kappa shape index (κ1) is 11.8. The summed E-state index contributed by atoms with van der Waals surface area (Å²) >= 11 is 9.67. The lowest BCUT2D eigenvalue weighted by molar-refractivity contribution is 1.05. The molecule has 1 aliphatic rings. The molecule has 0 bridgehead atoms. The Balaban J connectivity index is 2.06. The van der Waals surface area contributed by atoms with Crippen molar-refractivity contribution in [3.8, 4) is 0 Å². The van der Waals surface area contributed by atoms with Crippen LogP contribution in [0.25, 0.3) is 0 Å². The molecule has 2 aromatic rings. The number of halogens is 2. The van der Waals surface area contributed by atoms with Crippen molar-refractivity contribution in [3.05, 3.63) is 63.1 Å². The minimum atomic E-state index is 0.505. The largest absolute Gasteiger partial charge is 0.320 e. The van der Waals surface area contributed by atoms with Crippen LogP contribution in [-0.4, -0.2) is 5.84 Å². The Hall–Kier alpha value is -1.32. The predicted molar refractivity (Wildman–Crippen MR) is 78.6 cm³/mol. The summed E-state index contributed by atoms with van der Waals surface area (Å²) < 4.78 is 0.964. The Morgan fingerprint density at radius 2 is 1.94 bits per heavy atom. The Bertz CT molecular complexity index is 639. The summed E-state index contributed by atoms with van der Waals surface area (Å²) in [4.78, 5) is 1.93. The first-order valence-electron chi connectivity index (χ1n) is 5.56. The molecule has 0 aromatic heterocycles. The van der Waals surface area contributed by atoms with Gasteiger partial charge in [0.2, 0.25) is 0 Å². The van der Waals surface area contributed by atoms with Crippen molar-refractivity contribution >= 4 is 39.1 Å². The first-order chi connectivity index (χ1) is 8.66. The number of hydrogen-bond acceptors (Lipinski definition) is 1. The molecule has 0 saturated heterocycles. The standard InChI is InChI=1S/C14H10BrClN2/c15-10-5-6-12(16)13(7-10)18-8-9-3-1-2-4-11(9)14(18)17/h1-7,17H,8H2. The van der Waals surface area contributed by atoms with E-state index in [1.807, 2.05) is 41.3 Å². The summed E-state index contributed by atoms with van der Waals surface area (Å²) in [5, 5.41) is 8.91. The molecule has 0 amide bonds. The topological polar surface area (TPSA) is 27.1 Å². The summed E-state index contributed by atoms with van der Waals surface area (Å²) in [6.45, 7) is 0.700. The normalized spacial score (nSPS) is 13.9. The van der Waals surface area contributed by atoms with E-state index >= 15 is 0 Å². The van der Waals surface area contributed by atoms with Crippen molar-refractivity contribution in [1.82, 2.24) is 0 Å². The van der Waals surface area contributed by atoms with E-state index in [0.29, 0.717) is 17.4 Å². The number of rotatable bonds is 1. The molecule has 0 unspecified atom stereocenters. The van der Waals surface area contributed by atoms with E-state index in [1.165, 1.54) is 5.56 Å². The summed E-state index contributed by atoms with van der Waals surface area (Å²) in [7, 11) is 0. The number of fused-ring (bicyclic) bond motifs is 1. The molecule has 90 valence electrons. The molecule has 0 fully saturated rings. The summed E-state index contributed by atoms with van der Waals surface area (Å²) in [6.07, 6.45) is 0. The van der Waals surface area contributed by atoms with E-state index in [2.05, 4.69) is 22.0 Å². The van der Waals surface area contributed by atoms with Gasteiger partial charge < -0.3 is 4.90 Å². The molecule has 0 saturated carbocycles. The third-order valence-electron chi connectivity index (χ3n) is 3.07. The maximum atomic E-state index is 8.24. The zero-order valence-electron chi connectivity index (χ0n) is 9.45. The highest BCUT2D eigenvalue weighted by atomic mass is 79.9. The lowest BCUT2D eigenvalue weighted by Gasteiger charge is -2.19. The fourth-order valence-electron chi connectivity index (χ4n) is 2.18. The highest BCUT2D eigenvalue weighted by Crippen LogP contribution is 2.34. The van der Waals surface area contributed by atoms with Crippen molar-refractivity contribution in [2.45, 2.75) is 6.54 Å². The molecule has 1 N–H and O–H groups in total. The van der Waals surface area contributed by atoms with Crippen LogP contribution < -0.4 is 4.90 Å². The SMILES string of the molecule is N=C1c2ccccc2CN1c1cc(Br)ccc1Cl. The van der Waals surface area contributed by atoms with Gasteiger partial charge in [-0.3, -0.25) is 5.41 Å². The van der Waals surface area contributed by atoms with Gasteiger partial charge in [0.25, 0.3) is 0 Å². The van der Waals surface area contributed by atoms with Crippen LogP contribution in [-0.2, 0) is 6.54 Å². The van der Waals surface area contributed by atoms with Crippen LogP contribution >= 0.6 is 27.5 Å². The number of anilines is 1. The van der Waals surface area contributed by atoms with Crippen LogP contribution in [0.1, 0.15) is 11.1 Å². The van der Waals surface area contributed by atoms with Gasteiger partial charge in [0.05, 0.1) is 17.3 Å². The highest BCUT2D eigenvalue weighted by Gasteiger charge is 2.26. The maximum Gasteiger partial charge on any atom is 0.133 e. The fraction of sp³-hybridized carbons (Fsp3) is 0.0714. The van der Waals surface area contributed by atoms with E-state index in [0.717, 1.165) is 15.7 Å². The number of nitrogens with one attached hydrogen (secondary N) is 1. The Morgan fingerprint density at radius 1 is 1.17 bits per heavy atom. The van der Waals surface area contributed by atoms with E-state index < -0.39 is 0 Å². The Morgan fingerprint density at radius 3 is 2.72 bits per heavy atom. The predicted octanol–water partition coefficient (Wildman–Crippen LogP) is 4.45. The molecule has 1 aliphatic heterocycles. The van der Waals surface area contributed by atoms with Gasteiger partial charge in [0.1, 0.15) is 5.84 Å². The van der Waals surface area contributed by atoms with Crippen LogP contribution in [0.3, 0.4) is 0 Å². The molecular formula is C14H10BrClN2. The van der Waals surface area contributed by atoms with Gasteiger partial charge in [-0.2, -0.15) is 0 Å². The number of benzene rings is 2. The molecule has 3 rings (SSSR count). The Labute approximate surface area is 119 Å². The number of nitrogens with zero attached hydrogens (tertiary/aromatic N) is 1. The second-order valence-corrected chi connectivity index (χ2v) is 5.51. The molecule has 2 aromatic carbocycles. The van der Waals surface area contributed by atoms with Gasteiger partial charge >= 0.3 is 0 Å². The zero-order chi connectivity index (χ0) is 12.7. The van der Waals surface area contributed by atoms with Crippen LogP contribution in [0.4, 0.5) is 5.69 Å². The second-order valence-electron chi connectivity index (χ2n) is 4.19. The minimum absolute atomic E-state index is 0.505. The molecule has 0 spiro atoms. The van der Waals surface area contributed by atoms with Gasteiger partial charge in [-0.15, -0.1) is 0 Å². The number of hydrogen-bond donors (Lipinski definition) is 1. The summed E-state index contributed by atoms with van der Waals surface area (Å²) in [5.74, 6) is 0.505. The molecule has 0 aliphatic carbocycles. The van der Waals surface area contributed by atoms with Crippen LogP contribution in [0, 0.1) is 5.41 Å². The quantitative estimate of drug-likeness (QED) is 0.825. The van der Waals surface area contributed by atoms with E-state index in [9.17, 15) is 0 Å². The molecule has 0 atom stereocenters. The lowest BCUT2D eigenvalue weighted by atomic mass is 10.1.